The zero-order chi connectivity index (χ0) is 28.5. The van der Waals surface area contributed by atoms with Crippen molar-refractivity contribution < 1.29 is 22.7 Å². The van der Waals surface area contributed by atoms with Gasteiger partial charge in [0.05, 0.1) is 21.7 Å². The summed E-state index contributed by atoms with van der Waals surface area (Å²) in [4.78, 5) is 31.2. The van der Waals surface area contributed by atoms with Crippen molar-refractivity contribution in [2.75, 3.05) is 19.4 Å². The third kappa shape index (κ3) is 5.84. The minimum absolute atomic E-state index is 0.0419. The van der Waals surface area contributed by atoms with Gasteiger partial charge in [-0.1, -0.05) is 48.0 Å². The molecule has 0 fully saturated rings. The molecule has 0 saturated carbocycles. The van der Waals surface area contributed by atoms with Crippen molar-refractivity contribution in [1.29, 1.82) is 0 Å². The molecule has 1 atom stereocenters. The number of nitrogens with one attached hydrogen (secondary N) is 1. The van der Waals surface area contributed by atoms with E-state index in [-0.39, 0.29) is 4.90 Å². The summed E-state index contributed by atoms with van der Waals surface area (Å²) < 4.78 is 31.7. The number of aryl methyl sites for hydroxylation is 3. The van der Waals surface area contributed by atoms with Crippen LogP contribution in [0, 0.1) is 20.8 Å². The second-order valence-corrected chi connectivity index (χ2v) is 11.8. The molecule has 0 radical (unpaired) electrons. The van der Waals surface area contributed by atoms with Gasteiger partial charge in [0.2, 0.25) is 10.0 Å². The predicted octanol–water partition coefficient (Wildman–Crippen LogP) is 5.26. The van der Waals surface area contributed by atoms with E-state index in [1.165, 1.54) is 33.2 Å². The van der Waals surface area contributed by atoms with Gasteiger partial charge in [-0.05, 0) is 63.1 Å². The van der Waals surface area contributed by atoms with Crippen LogP contribution in [-0.4, -0.2) is 49.8 Å². The van der Waals surface area contributed by atoms with Gasteiger partial charge in [0.1, 0.15) is 0 Å². The first-order valence-corrected chi connectivity index (χ1v) is 13.8. The van der Waals surface area contributed by atoms with Crippen molar-refractivity contribution in [3.05, 3.63) is 89.0 Å². The van der Waals surface area contributed by atoms with E-state index in [4.69, 9.17) is 9.72 Å². The molecule has 0 aliphatic rings. The largest absolute Gasteiger partial charge is 0.449 e. The number of carbonyl (C=O) groups excluding carboxylic acids is 2. The van der Waals surface area contributed by atoms with E-state index in [1.54, 1.807) is 25.1 Å². The van der Waals surface area contributed by atoms with Crippen LogP contribution in [0.15, 0.2) is 71.6 Å². The summed E-state index contributed by atoms with van der Waals surface area (Å²) in [6.07, 6.45) is -1.15. The standard InChI is InChI=1S/C30H31N3O5S/c1-18-11-14-23(20(3)15-18)28-17-25(24-9-7-8-10-26(24)31-28)30(35)38-21(4)29(34)32-27-16-22(13-12-19(27)2)39(36,37)33(5)6/h7-17,21H,1-6H3,(H,32,34). The summed E-state index contributed by atoms with van der Waals surface area (Å²) in [5.41, 5.74) is 5.59. The Morgan fingerprint density at radius 3 is 2.33 bits per heavy atom. The summed E-state index contributed by atoms with van der Waals surface area (Å²) in [6.45, 7) is 7.22. The Balaban J connectivity index is 1.61. The monoisotopic (exact) mass is 545 g/mol. The van der Waals surface area contributed by atoms with Crippen LogP contribution in [0.4, 0.5) is 5.69 Å². The molecule has 1 N–H and O–H groups in total. The fourth-order valence-corrected chi connectivity index (χ4v) is 5.13. The van der Waals surface area contributed by atoms with Crippen LogP contribution in [0.25, 0.3) is 22.2 Å². The Morgan fingerprint density at radius 2 is 1.64 bits per heavy atom. The maximum atomic E-state index is 13.4. The molecule has 0 aliphatic carbocycles. The van der Waals surface area contributed by atoms with E-state index < -0.39 is 28.0 Å². The maximum Gasteiger partial charge on any atom is 0.339 e. The van der Waals surface area contributed by atoms with Crippen LogP contribution in [0.5, 0.6) is 0 Å². The highest BCUT2D eigenvalue weighted by Gasteiger charge is 2.24. The van der Waals surface area contributed by atoms with Crippen LogP contribution in [0.3, 0.4) is 0 Å². The fraction of sp³-hybridized carbons (Fsp3) is 0.233. The third-order valence-electron chi connectivity index (χ3n) is 6.49. The molecular weight excluding hydrogens is 514 g/mol. The molecule has 1 heterocycles. The Hall–Kier alpha value is -4.08. The molecule has 1 amide bonds. The molecule has 0 aliphatic heterocycles. The number of sulfonamides is 1. The Bertz CT molecular complexity index is 1700. The van der Waals surface area contributed by atoms with Crippen molar-refractivity contribution in [3.8, 4) is 11.3 Å². The molecule has 202 valence electrons. The number of hydrogen-bond acceptors (Lipinski definition) is 6. The van der Waals surface area contributed by atoms with Gasteiger partial charge in [-0.15, -0.1) is 0 Å². The lowest BCUT2D eigenvalue weighted by atomic mass is 9.99. The number of ether oxygens (including phenoxy) is 1. The van der Waals surface area contributed by atoms with Gasteiger partial charge in [0.15, 0.2) is 6.10 Å². The number of nitrogens with zero attached hydrogens (tertiary/aromatic N) is 2. The molecule has 39 heavy (non-hydrogen) atoms. The summed E-state index contributed by atoms with van der Waals surface area (Å²) in [5.74, 6) is -1.25. The lowest BCUT2D eigenvalue weighted by Crippen LogP contribution is -2.30. The first-order valence-electron chi connectivity index (χ1n) is 12.4. The van der Waals surface area contributed by atoms with Gasteiger partial charge in [0, 0.05) is 30.7 Å². The van der Waals surface area contributed by atoms with E-state index in [9.17, 15) is 18.0 Å². The van der Waals surface area contributed by atoms with E-state index in [0.717, 1.165) is 21.0 Å². The van der Waals surface area contributed by atoms with Crippen LogP contribution >= 0.6 is 0 Å². The number of rotatable bonds is 7. The number of amides is 1. The molecule has 1 unspecified atom stereocenters. The average molecular weight is 546 g/mol. The number of esters is 1. The Morgan fingerprint density at radius 1 is 0.923 bits per heavy atom. The Labute approximate surface area is 228 Å². The van der Waals surface area contributed by atoms with Gasteiger partial charge in [-0.25, -0.2) is 22.5 Å². The maximum absolute atomic E-state index is 13.4. The summed E-state index contributed by atoms with van der Waals surface area (Å²) in [6, 6.07) is 19.5. The smallest absolute Gasteiger partial charge is 0.339 e. The Kier molecular flexibility index (Phi) is 7.85. The molecule has 0 saturated heterocycles. The summed E-state index contributed by atoms with van der Waals surface area (Å²) in [5, 5.41) is 3.31. The van der Waals surface area contributed by atoms with Crippen LogP contribution < -0.4 is 5.32 Å². The highest BCUT2D eigenvalue weighted by Crippen LogP contribution is 2.28. The zero-order valence-electron chi connectivity index (χ0n) is 22.8. The molecular formula is C30H31N3O5S. The van der Waals surface area contributed by atoms with Gasteiger partial charge < -0.3 is 10.1 Å². The van der Waals surface area contributed by atoms with Gasteiger partial charge >= 0.3 is 5.97 Å². The van der Waals surface area contributed by atoms with Crippen molar-refractivity contribution in [2.24, 2.45) is 0 Å². The topological polar surface area (TPSA) is 106 Å². The van der Waals surface area contributed by atoms with Gasteiger partial charge in [-0.3, -0.25) is 4.79 Å². The van der Waals surface area contributed by atoms with Crippen LogP contribution in [0.1, 0.15) is 34.0 Å². The third-order valence-corrected chi connectivity index (χ3v) is 8.30. The first kappa shape index (κ1) is 27.9. The van der Waals surface area contributed by atoms with E-state index in [2.05, 4.69) is 11.4 Å². The number of carbonyl (C=O) groups is 2. The number of pyridine rings is 1. The van der Waals surface area contributed by atoms with E-state index >= 15 is 0 Å². The molecule has 9 heteroatoms. The number of para-hydroxylation sites is 1. The normalized spacial score (nSPS) is 12.4. The van der Waals surface area contributed by atoms with Gasteiger partial charge in [0.25, 0.3) is 5.91 Å². The lowest BCUT2D eigenvalue weighted by Gasteiger charge is -2.17. The number of hydrogen-bond donors (Lipinski definition) is 1. The summed E-state index contributed by atoms with van der Waals surface area (Å²) in [7, 11) is -0.822. The van der Waals surface area contributed by atoms with Gasteiger partial charge in [-0.2, -0.15) is 0 Å². The number of fused-ring (bicyclic) bond motifs is 1. The molecule has 4 rings (SSSR count). The first-order chi connectivity index (χ1) is 18.4. The van der Waals surface area contributed by atoms with Crippen molar-refractivity contribution in [3.63, 3.8) is 0 Å². The summed E-state index contributed by atoms with van der Waals surface area (Å²) >= 11 is 0. The molecule has 0 spiro atoms. The van der Waals surface area contributed by atoms with Crippen molar-refractivity contribution in [2.45, 2.75) is 38.7 Å². The predicted molar refractivity (Wildman–Crippen MR) is 152 cm³/mol. The highest BCUT2D eigenvalue weighted by molar-refractivity contribution is 7.89. The van der Waals surface area contributed by atoms with Crippen LogP contribution in [0.2, 0.25) is 0 Å². The minimum atomic E-state index is -3.69. The van der Waals surface area contributed by atoms with Crippen molar-refractivity contribution in [1.82, 2.24) is 9.29 Å². The molecule has 4 aromatic rings. The SMILES string of the molecule is Cc1ccc(-c2cc(C(=O)OC(C)C(=O)Nc3cc(S(=O)(=O)N(C)C)ccc3C)c3ccccc3n2)c(C)c1. The van der Waals surface area contributed by atoms with E-state index in [0.29, 0.717) is 33.4 Å². The second-order valence-electron chi connectivity index (χ2n) is 9.69. The molecule has 0 bridgehead atoms. The second kappa shape index (κ2) is 11.0. The highest BCUT2D eigenvalue weighted by atomic mass is 32.2. The fourth-order valence-electron chi connectivity index (χ4n) is 4.20. The molecule has 1 aromatic heterocycles. The average Bonchev–Trinajstić information content (AvgIpc) is 2.88. The lowest BCUT2D eigenvalue weighted by molar-refractivity contribution is -0.123. The van der Waals surface area contributed by atoms with E-state index in [1.807, 2.05) is 44.2 Å². The number of aromatic nitrogens is 1. The quantitative estimate of drug-likeness (QED) is 0.318. The number of anilines is 1. The number of benzene rings is 3. The minimum Gasteiger partial charge on any atom is -0.449 e. The molecule has 3 aromatic carbocycles. The van der Waals surface area contributed by atoms with Crippen LogP contribution in [-0.2, 0) is 19.6 Å². The zero-order valence-corrected chi connectivity index (χ0v) is 23.6. The molecule has 8 nitrogen and oxygen atoms in total. The van der Waals surface area contributed by atoms with Crippen molar-refractivity contribution >= 4 is 38.5 Å².